The minimum Gasteiger partial charge on any atom is -0.356 e. The Morgan fingerprint density at radius 3 is 2.75 bits per heavy atom. The Morgan fingerprint density at radius 2 is 2.04 bits per heavy atom. The summed E-state index contributed by atoms with van der Waals surface area (Å²) in [6, 6.07) is 4.48. The summed E-state index contributed by atoms with van der Waals surface area (Å²) in [5.41, 5.74) is 0.718. The van der Waals surface area contributed by atoms with Crippen molar-refractivity contribution in [1.29, 1.82) is 0 Å². The second kappa shape index (κ2) is 10.1. The van der Waals surface area contributed by atoms with Crippen LogP contribution < -0.4 is 15.5 Å². The second-order valence-electron chi connectivity index (χ2n) is 6.47. The van der Waals surface area contributed by atoms with Crippen LogP contribution in [0.15, 0.2) is 18.3 Å². The highest BCUT2D eigenvalue weighted by atomic mass is 35.5. The Hall–Kier alpha value is -1.04. The van der Waals surface area contributed by atoms with Crippen LogP contribution in [0.25, 0.3) is 0 Å². The number of nitrogens with zero attached hydrogens (tertiary/aromatic N) is 2. The molecule has 0 aliphatic carbocycles. The predicted octanol–water partition coefficient (Wildman–Crippen LogP) is 2.79. The summed E-state index contributed by atoms with van der Waals surface area (Å²) in [6.07, 6.45) is 7.42. The molecular formula is C17H28Cl2N4O. The van der Waals surface area contributed by atoms with Crippen LogP contribution in [-0.2, 0) is 0 Å². The lowest BCUT2D eigenvalue weighted by Crippen LogP contribution is -2.47. The molecule has 2 aliphatic rings. The Labute approximate surface area is 156 Å². The number of anilines is 1. The number of carbonyl (C=O) groups is 1. The maximum atomic E-state index is 12.7. The van der Waals surface area contributed by atoms with E-state index in [2.05, 4.69) is 27.4 Å². The van der Waals surface area contributed by atoms with Gasteiger partial charge in [0.25, 0.3) is 5.91 Å². The van der Waals surface area contributed by atoms with Crippen molar-refractivity contribution in [2.24, 2.45) is 0 Å². The van der Waals surface area contributed by atoms with Crippen molar-refractivity contribution >= 4 is 36.5 Å². The number of carbonyl (C=O) groups excluding carboxylic acids is 1. The Bertz CT molecular complexity index is 523. The molecule has 24 heavy (non-hydrogen) atoms. The largest absolute Gasteiger partial charge is 0.356 e. The lowest BCUT2D eigenvalue weighted by Gasteiger charge is -2.31. The third-order valence-corrected chi connectivity index (χ3v) is 4.65. The van der Waals surface area contributed by atoms with Gasteiger partial charge in [-0.25, -0.2) is 4.98 Å². The number of piperidine rings is 2. The van der Waals surface area contributed by atoms with Gasteiger partial charge < -0.3 is 15.5 Å². The Kier molecular flexibility index (Phi) is 8.81. The topological polar surface area (TPSA) is 57.3 Å². The first-order chi connectivity index (χ1) is 10.7. The first-order valence-electron chi connectivity index (χ1n) is 8.48. The molecule has 0 radical (unpaired) electrons. The van der Waals surface area contributed by atoms with E-state index in [0.29, 0.717) is 6.04 Å². The first-order valence-corrected chi connectivity index (χ1v) is 8.48. The number of pyridine rings is 1. The molecule has 2 saturated heterocycles. The van der Waals surface area contributed by atoms with Gasteiger partial charge in [0.05, 0.1) is 5.56 Å². The number of rotatable bonds is 3. The Balaban J connectivity index is 0.00000144. The van der Waals surface area contributed by atoms with Gasteiger partial charge in [0.15, 0.2) is 0 Å². The van der Waals surface area contributed by atoms with Crippen LogP contribution >= 0.6 is 24.8 Å². The molecule has 3 heterocycles. The third kappa shape index (κ3) is 5.23. The summed E-state index contributed by atoms with van der Waals surface area (Å²) >= 11 is 0. The van der Waals surface area contributed by atoms with E-state index in [0.717, 1.165) is 43.9 Å². The van der Waals surface area contributed by atoms with Crippen LogP contribution in [0.1, 0.15) is 49.4 Å². The molecule has 2 atom stereocenters. The van der Waals surface area contributed by atoms with E-state index in [9.17, 15) is 4.79 Å². The first kappa shape index (κ1) is 21.0. The van der Waals surface area contributed by atoms with Crippen LogP contribution in [0.4, 0.5) is 5.82 Å². The second-order valence-corrected chi connectivity index (χ2v) is 6.47. The van der Waals surface area contributed by atoms with Crippen molar-refractivity contribution in [2.45, 2.75) is 51.1 Å². The van der Waals surface area contributed by atoms with Gasteiger partial charge >= 0.3 is 0 Å². The van der Waals surface area contributed by atoms with Gasteiger partial charge in [-0.3, -0.25) is 4.79 Å². The summed E-state index contributed by atoms with van der Waals surface area (Å²) < 4.78 is 0. The minimum atomic E-state index is 0. The number of amides is 1. The van der Waals surface area contributed by atoms with Crippen molar-refractivity contribution in [3.63, 3.8) is 0 Å². The molecule has 7 heteroatoms. The zero-order chi connectivity index (χ0) is 15.4. The fraction of sp³-hybridized carbons (Fsp3) is 0.647. The number of aromatic nitrogens is 1. The molecular weight excluding hydrogens is 347 g/mol. The molecule has 3 rings (SSSR count). The van der Waals surface area contributed by atoms with Crippen LogP contribution in [0.5, 0.6) is 0 Å². The molecule has 5 nitrogen and oxygen atoms in total. The molecule has 2 fully saturated rings. The van der Waals surface area contributed by atoms with E-state index in [1.165, 1.54) is 19.3 Å². The average Bonchev–Trinajstić information content (AvgIpc) is 2.56. The Morgan fingerprint density at radius 1 is 1.29 bits per heavy atom. The van der Waals surface area contributed by atoms with Crippen molar-refractivity contribution in [3.05, 3.63) is 23.9 Å². The van der Waals surface area contributed by atoms with E-state index >= 15 is 0 Å². The summed E-state index contributed by atoms with van der Waals surface area (Å²) in [5, 5.41) is 6.62. The van der Waals surface area contributed by atoms with Crippen molar-refractivity contribution < 1.29 is 4.79 Å². The van der Waals surface area contributed by atoms with E-state index in [1.54, 1.807) is 6.20 Å². The fourth-order valence-electron chi connectivity index (χ4n) is 3.46. The fourth-order valence-corrected chi connectivity index (χ4v) is 3.46. The zero-order valence-corrected chi connectivity index (χ0v) is 15.8. The molecule has 2 N–H and O–H groups in total. The summed E-state index contributed by atoms with van der Waals surface area (Å²) in [4.78, 5) is 19.4. The number of nitrogens with one attached hydrogen (secondary N) is 2. The maximum Gasteiger partial charge on any atom is 0.255 e. The van der Waals surface area contributed by atoms with Crippen molar-refractivity contribution in [2.75, 3.05) is 24.5 Å². The lowest BCUT2D eigenvalue weighted by atomic mass is 10.00. The monoisotopic (exact) mass is 374 g/mol. The molecule has 0 aromatic carbocycles. The van der Waals surface area contributed by atoms with Crippen LogP contribution in [-0.4, -0.2) is 42.6 Å². The van der Waals surface area contributed by atoms with Crippen molar-refractivity contribution in [3.8, 4) is 0 Å². The molecule has 1 amide bonds. The van der Waals surface area contributed by atoms with E-state index in [1.807, 2.05) is 12.1 Å². The van der Waals surface area contributed by atoms with Crippen LogP contribution in [0.2, 0.25) is 0 Å². The van der Waals surface area contributed by atoms with E-state index in [-0.39, 0.29) is 36.8 Å². The molecule has 0 spiro atoms. The van der Waals surface area contributed by atoms with Crippen LogP contribution in [0, 0.1) is 0 Å². The molecule has 0 saturated carbocycles. The number of hydrogen-bond acceptors (Lipinski definition) is 4. The minimum absolute atomic E-state index is 0. The van der Waals surface area contributed by atoms with Crippen molar-refractivity contribution in [1.82, 2.24) is 15.6 Å². The molecule has 0 bridgehead atoms. The summed E-state index contributed by atoms with van der Waals surface area (Å²) in [5.74, 6) is 0.870. The van der Waals surface area contributed by atoms with E-state index < -0.39 is 0 Å². The molecule has 1 aromatic rings. The zero-order valence-electron chi connectivity index (χ0n) is 14.2. The highest BCUT2D eigenvalue weighted by Gasteiger charge is 2.24. The van der Waals surface area contributed by atoms with Gasteiger partial charge in [0, 0.05) is 31.4 Å². The molecule has 2 aliphatic heterocycles. The quantitative estimate of drug-likeness (QED) is 0.853. The summed E-state index contributed by atoms with van der Waals surface area (Å²) in [7, 11) is 0. The van der Waals surface area contributed by atoms with Gasteiger partial charge in [0.2, 0.25) is 0 Å². The lowest BCUT2D eigenvalue weighted by molar-refractivity contribution is 0.0926. The number of hydrogen-bond donors (Lipinski definition) is 2. The SMILES string of the molecule is CC1CC(NC(=O)c2cccnc2N2CCCCC2)CCN1.Cl.Cl. The number of halogens is 2. The normalized spacial score (nSPS) is 23.6. The van der Waals surface area contributed by atoms with Gasteiger partial charge in [-0.2, -0.15) is 0 Å². The van der Waals surface area contributed by atoms with Crippen LogP contribution in [0.3, 0.4) is 0 Å². The highest BCUT2D eigenvalue weighted by molar-refractivity contribution is 5.99. The molecule has 136 valence electrons. The predicted molar refractivity (Wildman–Crippen MR) is 103 cm³/mol. The van der Waals surface area contributed by atoms with E-state index in [4.69, 9.17) is 0 Å². The highest BCUT2D eigenvalue weighted by Crippen LogP contribution is 2.22. The molecule has 2 unspecified atom stereocenters. The van der Waals surface area contributed by atoms with Gasteiger partial charge in [0.1, 0.15) is 5.82 Å². The third-order valence-electron chi connectivity index (χ3n) is 4.65. The maximum absolute atomic E-state index is 12.7. The van der Waals surface area contributed by atoms with Gasteiger partial charge in [-0.15, -0.1) is 24.8 Å². The standard InChI is InChI=1S/C17H26N4O.2ClH/c1-13-12-14(7-9-18-13)20-17(22)15-6-5-8-19-16(15)21-10-3-2-4-11-21;;/h5-6,8,13-14,18H,2-4,7,9-12H2,1H3,(H,20,22);2*1H. The summed E-state index contributed by atoms with van der Waals surface area (Å²) in [6.45, 7) is 5.14. The molecule has 1 aromatic heterocycles. The van der Waals surface area contributed by atoms with Gasteiger partial charge in [-0.1, -0.05) is 0 Å². The smallest absolute Gasteiger partial charge is 0.255 e. The van der Waals surface area contributed by atoms with Gasteiger partial charge in [-0.05, 0) is 57.7 Å². The average molecular weight is 375 g/mol.